The summed E-state index contributed by atoms with van der Waals surface area (Å²) < 4.78 is 14.4. The van der Waals surface area contributed by atoms with E-state index in [0.717, 1.165) is 22.9 Å². The maximum atomic E-state index is 13.2. The Morgan fingerprint density at radius 2 is 2.19 bits per heavy atom. The number of nitriles is 1. The summed E-state index contributed by atoms with van der Waals surface area (Å²) in [4.78, 5) is 21.1. The highest BCUT2D eigenvalue weighted by atomic mass is 19.1. The number of benzene rings is 1. The number of rotatable bonds is 4. The molecule has 21 heavy (non-hydrogen) atoms. The molecule has 0 fully saturated rings. The minimum absolute atomic E-state index is 0.0234. The van der Waals surface area contributed by atoms with Crippen LogP contribution in [0.4, 0.5) is 10.1 Å². The third kappa shape index (κ3) is 2.87. The second kappa shape index (κ2) is 5.42. The fraction of sp³-hybridized carbons (Fsp3) is 0.0769. The molecule has 0 radical (unpaired) electrons. The van der Waals surface area contributed by atoms with Gasteiger partial charge in [0.25, 0.3) is 5.69 Å². The Morgan fingerprint density at radius 3 is 2.76 bits per heavy atom. The van der Waals surface area contributed by atoms with Gasteiger partial charge in [-0.1, -0.05) is 6.07 Å². The van der Waals surface area contributed by atoms with Crippen LogP contribution in [0.3, 0.4) is 0 Å². The van der Waals surface area contributed by atoms with Gasteiger partial charge in [-0.15, -0.1) is 0 Å². The van der Waals surface area contributed by atoms with Gasteiger partial charge in [0.05, 0.1) is 16.7 Å². The molecule has 1 N–H and O–H groups in total. The summed E-state index contributed by atoms with van der Waals surface area (Å²) in [5, 5.41) is 28.5. The van der Waals surface area contributed by atoms with Gasteiger partial charge in [0.2, 0.25) is 0 Å². The number of nitro groups is 1. The van der Waals surface area contributed by atoms with Crippen molar-refractivity contribution in [2.24, 2.45) is 0 Å². The lowest BCUT2D eigenvalue weighted by Crippen LogP contribution is -2.08. The van der Waals surface area contributed by atoms with Crippen molar-refractivity contribution < 1.29 is 19.2 Å². The Bertz CT molecular complexity index is 776. The van der Waals surface area contributed by atoms with Crippen LogP contribution in [0.2, 0.25) is 0 Å². The molecular formula is C13H8FN3O4. The summed E-state index contributed by atoms with van der Waals surface area (Å²) in [5.74, 6) is -2.00. The van der Waals surface area contributed by atoms with Gasteiger partial charge in [-0.3, -0.25) is 10.1 Å². The minimum atomic E-state index is -1.31. The first-order valence-electron chi connectivity index (χ1n) is 5.68. The zero-order valence-electron chi connectivity index (χ0n) is 10.5. The van der Waals surface area contributed by atoms with Gasteiger partial charge in [0, 0.05) is 12.6 Å². The molecule has 0 aliphatic rings. The van der Waals surface area contributed by atoms with Gasteiger partial charge in [-0.2, -0.15) is 5.26 Å². The number of carbonyl (C=O) groups is 1. The van der Waals surface area contributed by atoms with Crippen LogP contribution >= 0.6 is 0 Å². The standard InChI is InChI=1S/C13H8FN3O4/c14-11-2-1-8(3-9(11)5-15)6-16-7-10(17(20)21)4-12(16)13(18)19/h1-4,7H,6H2,(H,18,19). The Hall–Kier alpha value is -3.21. The minimum Gasteiger partial charge on any atom is -0.477 e. The molecule has 2 rings (SSSR count). The summed E-state index contributed by atoms with van der Waals surface area (Å²) in [6.45, 7) is -0.0234. The third-order valence-corrected chi connectivity index (χ3v) is 2.82. The summed E-state index contributed by atoms with van der Waals surface area (Å²) >= 11 is 0. The number of carboxylic acid groups (broad SMARTS) is 1. The van der Waals surface area contributed by atoms with Crippen LogP contribution < -0.4 is 0 Å². The molecule has 0 spiro atoms. The molecule has 0 aliphatic heterocycles. The lowest BCUT2D eigenvalue weighted by molar-refractivity contribution is -0.384. The number of hydrogen-bond donors (Lipinski definition) is 1. The normalized spacial score (nSPS) is 10.1. The molecule has 0 atom stereocenters. The van der Waals surface area contributed by atoms with Crippen LogP contribution in [0.1, 0.15) is 21.6 Å². The van der Waals surface area contributed by atoms with Gasteiger partial charge in [-0.25, -0.2) is 9.18 Å². The molecule has 0 bridgehead atoms. The highest BCUT2D eigenvalue weighted by Gasteiger charge is 2.19. The highest BCUT2D eigenvalue weighted by Crippen LogP contribution is 2.19. The molecule has 8 heteroatoms. The van der Waals surface area contributed by atoms with E-state index in [4.69, 9.17) is 10.4 Å². The maximum absolute atomic E-state index is 13.2. The van der Waals surface area contributed by atoms with Crippen molar-refractivity contribution in [3.8, 4) is 6.07 Å². The average molecular weight is 289 g/mol. The van der Waals surface area contributed by atoms with Crippen molar-refractivity contribution in [1.29, 1.82) is 5.26 Å². The number of hydrogen-bond acceptors (Lipinski definition) is 4. The van der Waals surface area contributed by atoms with Gasteiger partial charge >= 0.3 is 5.97 Å². The highest BCUT2D eigenvalue weighted by molar-refractivity contribution is 5.87. The van der Waals surface area contributed by atoms with Gasteiger partial charge in [0.15, 0.2) is 0 Å². The lowest BCUT2D eigenvalue weighted by Gasteiger charge is -2.06. The van der Waals surface area contributed by atoms with Crippen molar-refractivity contribution in [2.45, 2.75) is 6.54 Å². The van der Waals surface area contributed by atoms with Crippen molar-refractivity contribution in [3.05, 3.63) is 63.2 Å². The predicted molar refractivity (Wildman–Crippen MR) is 68.3 cm³/mol. The molecule has 7 nitrogen and oxygen atoms in total. The molecule has 106 valence electrons. The van der Waals surface area contributed by atoms with Crippen LogP contribution in [0.25, 0.3) is 0 Å². The van der Waals surface area contributed by atoms with Crippen molar-refractivity contribution in [2.75, 3.05) is 0 Å². The van der Waals surface area contributed by atoms with Crippen LogP contribution in [0.15, 0.2) is 30.5 Å². The largest absolute Gasteiger partial charge is 0.477 e. The van der Waals surface area contributed by atoms with E-state index < -0.39 is 16.7 Å². The number of nitrogens with zero attached hydrogens (tertiary/aromatic N) is 3. The number of aromatic carboxylic acids is 1. The first-order chi connectivity index (χ1) is 9.92. The molecule has 1 aromatic carbocycles. The van der Waals surface area contributed by atoms with E-state index >= 15 is 0 Å². The zero-order chi connectivity index (χ0) is 15.6. The monoisotopic (exact) mass is 289 g/mol. The summed E-state index contributed by atoms with van der Waals surface area (Å²) in [6.07, 6.45) is 1.08. The van der Waals surface area contributed by atoms with Crippen LogP contribution in [-0.2, 0) is 6.54 Å². The number of carboxylic acids is 1. The van der Waals surface area contributed by atoms with Crippen molar-refractivity contribution in [3.63, 3.8) is 0 Å². The third-order valence-electron chi connectivity index (χ3n) is 2.82. The van der Waals surface area contributed by atoms with E-state index in [0.29, 0.717) is 5.56 Å². The predicted octanol–water partition coefficient (Wildman–Crippen LogP) is 2.15. The fourth-order valence-electron chi connectivity index (χ4n) is 1.86. The average Bonchev–Trinajstić information content (AvgIpc) is 2.85. The molecule has 0 unspecified atom stereocenters. The van der Waals surface area contributed by atoms with Gasteiger partial charge < -0.3 is 9.67 Å². The fourth-order valence-corrected chi connectivity index (χ4v) is 1.86. The van der Waals surface area contributed by atoms with Crippen LogP contribution in [0, 0.1) is 27.3 Å². The van der Waals surface area contributed by atoms with E-state index in [-0.39, 0.29) is 23.5 Å². The number of halogens is 1. The van der Waals surface area contributed by atoms with Gasteiger partial charge in [-0.05, 0) is 17.7 Å². The Morgan fingerprint density at radius 1 is 1.48 bits per heavy atom. The second-order valence-electron chi connectivity index (χ2n) is 4.20. The smallest absolute Gasteiger partial charge is 0.352 e. The van der Waals surface area contributed by atoms with Crippen molar-refractivity contribution in [1.82, 2.24) is 4.57 Å². The summed E-state index contributed by atoms with van der Waals surface area (Å²) in [7, 11) is 0. The van der Waals surface area contributed by atoms with Crippen LogP contribution in [0.5, 0.6) is 0 Å². The van der Waals surface area contributed by atoms with E-state index in [2.05, 4.69) is 0 Å². The van der Waals surface area contributed by atoms with Crippen molar-refractivity contribution >= 4 is 11.7 Å². The summed E-state index contributed by atoms with van der Waals surface area (Å²) in [5.41, 5.74) is -0.327. The molecule has 0 aliphatic carbocycles. The molecular weight excluding hydrogens is 281 g/mol. The maximum Gasteiger partial charge on any atom is 0.352 e. The second-order valence-corrected chi connectivity index (χ2v) is 4.20. The topological polar surface area (TPSA) is 109 Å². The molecule has 1 aromatic heterocycles. The Kier molecular flexibility index (Phi) is 3.67. The first kappa shape index (κ1) is 14.2. The van der Waals surface area contributed by atoms with E-state index in [9.17, 15) is 19.3 Å². The number of aromatic nitrogens is 1. The Balaban J connectivity index is 2.41. The molecule has 0 saturated heterocycles. The summed E-state index contributed by atoms with van der Waals surface area (Å²) in [6, 6.07) is 6.36. The molecule has 2 aromatic rings. The first-order valence-corrected chi connectivity index (χ1v) is 5.68. The quantitative estimate of drug-likeness (QED) is 0.685. The molecule has 1 heterocycles. The van der Waals surface area contributed by atoms with Crippen LogP contribution in [-0.4, -0.2) is 20.6 Å². The van der Waals surface area contributed by atoms with E-state index in [1.165, 1.54) is 12.1 Å². The van der Waals surface area contributed by atoms with E-state index in [1.54, 1.807) is 6.07 Å². The SMILES string of the molecule is N#Cc1cc(Cn2cc([N+](=O)[O-])cc2C(=O)O)ccc1F. The Labute approximate surface area is 117 Å². The zero-order valence-corrected chi connectivity index (χ0v) is 10.5. The molecule has 0 amide bonds. The molecule has 0 saturated carbocycles. The van der Waals surface area contributed by atoms with E-state index in [1.807, 2.05) is 0 Å². The van der Waals surface area contributed by atoms with Gasteiger partial charge in [0.1, 0.15) is 17.6 Å². The lowest BCUT2D eigenvalue weighted by atomic mass is 10.1.